The summed E-state index contributed by atoms with van der Waals surface area (Å²) in [5, 5.41) is 3.14. The quantitative estimate of drug-likeness (QED) is 0.753. The van der Waals surface area contributed by atoms with Gasteiger partial charge >= 0.3 is 0 Å². The van der Waals surface area contributed by atoms with Crippen LogP contribution in [0.4, 0.5) is 0 Å². The minimum atomic E-state index is -3.58. The van der Waals surface area contributed by atoms with Gasteiger partial charge in [0.2, 0.25) is 10.0 Å². The van der Waals surface area contributed by atoms with Crippen molar-refractivity contribution < 1.29 is 13.2 Å². The maximum atomic E-state index is 12.5. The number of nitrogens with two attached hydrogens (primary N) is 1. The number of nitrogens with one attached hydrogen (secondary N) is 1. The highest BCUT2D eigenvalue weighted by atomic mass is 32.2. The molecule has 1 aliphatic rings. The number of carbonyl (C=O) groups excluding carboxylic acids is 1. The summed E-state index contributed by atoms with van der Waals surface area (Å²) >= 11 is 0. The maximum Gasteiger partial charge on any atom is 0.265 e. The smallest absolute Gasteiger partial charge is 0.265 e. The zero-order chi connectivity index (χ0) is 14.2. The van der Waals surface area contributed by atoms with Crippen LogP contribution in [-0.2, 0) is 17.1 Å². The molecule has 3 N–H and O–H groups in total. The Bertz CT molecular complexity index is 593. The Kier molecular flexibility index (Phi) is 3.66. The van der Waals surface area contributed by atoms with E-state index in [9.17, 15) is 13.2 Å². The molecule has 0 bridgehead atoms. The van der Waals surface area contributed by atoms with Gasteiger partial charge in [-0.05, 0) is 13.0 Å². The second kappa shape index (κ2) is 4.95. The lowest BCUT2D eigenvalue weighted by Gasteiger charge is -2.32. The molecular weight excluding hydrogens is 268 g/mol. The van der Waals surface area contributed by atoms with E-state index in [0.717, 1.165) is 0 Å². The monoisotopic (exact) mass is 286 g/mol. The Balaban J connectivity index is 2.39. The second-order valence-electron chi connectivity index (χ2n) is 4.71. The number of primary amides is 1. The summed E-state index contributed by atoms with van der Waals surface area (Å²) in [7, 11) is -1.98. The molecule has 1 fully saturated rings. The van der Waals surface area contributed by atoms with Gasteiger partial charge in [0.05, 0.1) is 0 Å². The third-order valence-corrected chi connectivity index (χ3v) is 5.26. The van der Waals surface area contributed by atoms with Crippen LogP contribution >= 0.6 is 0 Å². The van der Waals surface area contributed by atoms with E-state index in [2.05, 4.69) is 5.32 Å². The minimum absolute atomic E-state index is 0.109. The summed E-state index contributed by atoms with van der Waals surface area (Å²) in [6.45, 7) is 3.51. The van der Waals surface area contributed by atoms with Gasteiger partial charge in [-0.15, -0.1) is 0 Å². The topological polar surface area (TPSA) is 97.4 Å². The summed E-state index contributed by atoms with van der Waals surface area (Å²) in [5.41, 5.74) is 5.38. The van der Waals surface area contributed by atoms with Crippen LogP contribution in [-0.4, -0.2) is 48.9 Å². The van der Waals surface area contributed by atoms with E-state index in [-0.39, 0.29) is 16.6 Å². The van der Waals surface area contributed by atoms with E-state index in [1.165, 1.54) is 21.1 Å². The van der Waals surface area contributed by atoms with Crippen molar-refractivity contribution in [3.05, 3.63) is 18.0 Å². The van der Waals surface area contributed by atoms with Crippen LogP contribution in [0.15, 0.2) is 17.2 Å². The molecule has 19 heavy (non-hydrogen) atoms. The van der Waals surface area contributed by atoms with Crippen molar-refractivity contribution >= 4 is 15.9 Å². The summed E-state index contributed by atoms with van der Waals surface area (Å²) in [6, 6.07) is 1.21. The highest BCUT2D eigenvalue weighted by Crippen LogP contribution is 2.21. The summed E-state index contributed by atoms with van der Waals surface area (Å²) in [4.78, 5) is 11.3. The Morgan fingerprint density at radius 3 is 2.74 bits per heavy atom. The number of piperazine rings is 1. The molecule has 2 rings (SSSR count). The van der Waals surface area contributed by atoms with Crippen LogP contribution in [0.3, 0.4) is 0 Å². The highest BCUT2D eigenvalue weighted by molar-refractivity contribution is 7.89. The van der Waals surface area contributed by atoms with Crippen LogP contribution in [0.2, 0.25) is 0 Å². The number of amides is 1. The first-order chi connectivity index (χ1) is 8.84. The van der Waals surface area contributed by atoms with Gasteiger partial charge in [0, 0.05) is 38.9 Å². The van der Waals surface area contributed by atoms with Gasteiger partial charge < -0.3 is 15.6 Å². The fraction of sp³-hybridized carbons (Fsp3) is 0.545. The van der Waals surface area contributed by atoms with Crippen molar-refractivity contribution in [2.45, 2.75) is 17.9 Å². The van der Waals surface area contributed by atoms with E-state index in [4.69, 9.17) is 5.73 Å². The molecule has 0 aromatic carbocycles. The number of rotatable bonds is 3. The summed E-state index contributed by atoms with van der Waals surface area (Å²) in [5.74, 6) is -0.641. The number of aromatic nitrogens is 1. The molecule has 0 spiro atoms. The summed E-state index contributed by atoms with van der Waals surface area (Å²) in [6.07, 6.45) is 1.42. The van der Waals surface area contributed by atoms with Gasteiger partial charge in [0.1, 0.15) is 10.6 Å². The zero-order valence-electron chi connectivity index (χ0n) is 11.0. The zero-order valence-corrected chi connectivity index (χ0v) is 11.8. The molecule has 2 heterocycles. The number of hydrogen-bond acceptors (Lipinski definition) is 4. The molecule has 0 radical (unpaired) electrons. The lowest BCUT2D eigenvalue weighted by Crippen LogP contribution is -2.52. The lowest BCUT2D eigenvalue weighted by atomic mass is 10.3. The van der Waals surface area contributed by atoms with Crippen LogP contribution in [0.1, 0.15) is 17.4 Å². The molecule has 8 heteroatoms. The molecule has 0 unspecified atom stereocenters. The molecule has 1 aromatic heterocycles. The normalized spacial score (nSPS) is 21.5. The van der Waals surface area contributed by atoms with E-state index < -0.39 is 15.9 Å². The standard InChI is InChI=1S/C11H18N4O3S/c1-8-6-13-3-4-15(8)19(17,18)9-5-10(11(12)16)14(2)7-9/h5,7-8,13H,3-4,6H2,1-2H3,(H2,12,16)/t8-/m1/s1. The number of hydrogen-bond donors (Lipinski definition) is 2. The molecule has 0 saturated carbocycles. The number of aryl methyl sites for hydroxylation is 1. The first-order valence-corrected chi connectivity index (χ1v) is 7.47. The van der Waals surface area contributed by atoms with Gasteiger partial charge in [-0.1, -0.05) is 0 Å². The van der Waals surface area contributed by atoms with Crippen LogP contribution < -0.4 is 11.1 Å². The van der Waals surface area contributed by atoms with E-state index in [1.807, 2.05) is 6.92 Å². The van der Waals surface area contributed by atoms with Gasteiger partial charge in [-0.3, -0.25) is 4.79 Å². The molecule has 1 amide bonds. The third kappa shape index (κ3) is 2.51. The molecule has 1 aliphatic heterocycles. The Hall–Kier alpha value is -1.38. The number of nitrogens with zero attached hydrogens (tertiary/aromatic N) is 2. The van der Waals surface area contributed by atoms with E-state index in [1.54, 1.807) is 7.05 Å². The predicted molar refractivity (Wildman–Crippen MR) is 70.2 cm³/mol. The SMILES string of the molecule is C[C@@H]1CNCCN1S(=O)(=O)c1cc(C(N)=O)n(C)c1. The van der Waals surface area contributed by atoms with E-state index >= 15 is 0 Å². The van der Waals surface area contributed by atoms with Gasteiger partial charge in [-0.25, -0.2) is 8.42 Å². The molecule has 1 aromatic rings. The van der Waals surface area contributed by atoms with Crippen molar-refractivity contribution in [2.75, 3.05) is 19.6 Å². The number of sulfonamides is 1. The molecular formula is C11H18N4O3S. The van der Waals surface area contributed by atoms with Crippen molar-refractivity contribution in [3.8, 4) is 0 Å². The van der Waals surface area contributed by atoms with Crippen molar-refractivity contribution in [2.24, 2.45) is 12.8 Å². The Morgan fingerprint density at radius 2 is 2.21 bits per heavy atom. The van der Waals surface area contributed by atoms with Crippen LogP contribution in [0.5, 0.6) is 0 Å². The van der Waals surface area contributed by atoms with Crippen molar-refractivity contribution in [3.63, 3.8) is 0 Å². The van der Waals surface area contributed by atoms with Crippen molar-refractivity contribution in [1.82, 2.24) is 14.2 Å². The number of carbonyl (C=O) groups is 1. The molecule has 0 aliphatic carbocycles. The summed E-state index contributed by atoms with van der Waals surface area (Å²) < 4.78 is 27.9. The van der Waals surface area contributed by atoms with Gasteiger partial charge in [0.15, 0.2) is 0 Å². The predicted octanol–water partition coefficient (Wildman–Crippen LogP) is -0.894. The Morgan fingerprint density at radius 1 is 1.53 bits per heavy atom. The molecule has 7 nitrogen and oxygen atoms in total. The van der Waals surface area contributed by atoms with Gasteiger partial charge in [0.25, 0.3) is 5.91 Å². The second-order valence-corrected chi connectivity index (χ2v) is 6.60. The third-order valence-electron chi connectivity index (χ3n) is 3.28. The fourth-order valence-electron chi connectivity index (χ4n) is 2.24. The molecule has 1 atom stereocenters. The first-order valence-electron chi connectivity index (χ1n) is 6.03. The minimum Gasteiger partial charge on any atom is -0.364 e. The Labute approximate surface area is 112 Å². The van der Waals surface area contributed by atoms with Crippen molar-refractivity contribution in [1.29, 1.82) is 0 Å². The maximum absolute atomic E-state index is 12.5. The van der Waals surface area contributed by atoms with E-state index in [0.29, 0.717) is 19.6 Å². The van der Waals surface area contributed by atoms with Gasteiger partial charge in [-0.2, -0.15) is 4.31 Å². The lowest BCUT2D eigenvalue weighted by molar-refractivity contribution is 0.0992. The molecule has 1 saturated heterocycles. The largest absolute Gasteiger partial charge is 0.364 e. The average molecular weight is 286 g/mol. The van der Waals surface area contributed by atoms with Crippen LogP contribution in [0.25, 0.3) is 0 Å². The molecule has 106 valence electrons. The highest BCUT2D eigenvalue weighted by Gasteiger charge is 2.32. The first kappa shape index (κ1) is 14.0. The average Bonchev–Trinajstić information content (AvgIpc) is 2.72. The fourth-order valence-corrected chi connectivity index (χ4v) is 3.94. The van der Waals surface area contributed by atoms with Crippen LogP contribution in [0, 0.1) is 0 Å².